The molecule has 0 aliphatic heterocycles. The van der Waals surface area contributed by atoms with Crippen molar-refractivity contribution in [2.75, 3.05) is 0 Å². The molecule has 0 saturated heterocycles. The summed E-state index contributed by atoms with van der Waals surface area (Å²) in [4.78, 5) is 6.99. The van der Waals surface area contributed by atoms with Gasteiger partial charge in [-0.1, -0.05) is 6.07 Å². The molecular formula is C11H12N2O2. The van der Waals surface area contributed by atoms with Crippen molar-refractivity contribution in [3.63, 3.8) is 0 Å². The van der Waals surface area contributed by atoms with Gasteiger partial charge < -0.3 is 15.2 Å². The van der Waals surface area contributed by atoms with Crippen molar-refractivity contribution in [3.8, 4) is 11.5 Å². The van der Waals surface area contributed by atoms with E-state index in [1.807, 2.05) is 6.20 Å². The third kappa shape index (κ3) is 2.28. The fourth-order valence-electron chi connectivity index (χ4n) is 1.42. The summed E-state index contributed by atoms with van der Waals surface area (Å²) >= 11 is 0. The molecule has 1 aromatic carbocycles. The summed E-state index contributed by atoms with van der Waals surface area (Å²) in [5, 5.41) is 18.4. The Morgan fingerprint density at radius 1 is 1.13 bits per heavy atom. The molecule has 1 heterocycles. The first-order chi connectivity index (χ1) is 7.25. The monoisotopic (exact) mass is 204 g/mol. The summed E-state index contributed by atoms with van der Waals surface area (Å²) in [7, 11) is 0. The molecule has 0 amide bonds. The standard InChI is InChI=1S/C11H12N2O2/c14-10-4-2-8(5-11(10)15)1-3-9-6-12-7-13-9/h2,4-7,14-15H,1,3H2,(H,12,13). The van der Waals surface area contributed by atoms with Crippen LogP contribution in [0.2, 0.25) is 0 Å². The van der Waals surface area contributed by atoms with E-state index in [1.165, 1.54) is 6.07 Å². The van der Waals surface area contributed by atoms with E-state index in [0.717, 1.165) is 24.1 Å². The Bertz CT molecular complexity index is 438. The molecular weight excluding hydrogens is 192 g/mol. The SMILES string of the molecule is Oc1ccc(CCc2c[nH]cn2)cc1O. The fraction of sp³-hybridized carbons (Fsp3) is 0.182. The summed E-state index contributed by atoms with van der Waals surface area (Å²) in [6.45, 7) is 0. The molecule has 1 aromatic heterocycles. The van der Waals surface area contributed by atoms with E-state index in [1.54, 1.807) is 18.5 Å². The summed E-state index contributed by atoms with van der Waals surface area (Å²) in [5.41, 5.74) is 1.97. The molecule has 15 heavy (non-hydrogen) atoms. The highest BCUT2D eigenvalue weighted by Gasteiger charge is 2.01. The number of phenols is 2. The smallest absolute Gasteiger partial charge is 0.157 e. The Morgan fingerprint density at radius 3 is 2.67 bits per heavy atom. The van der Waals surface area contributed by atoms with Crippen LogP contribution in [0, 0.1) is 0 Å². The summed E-state index contributed by atoms with van der Waals surface area (Å²) in [5.74, 6) is -0.159. The van der Waals surface area contributed by atoms with Crippen LogP contribution in [-0.2, 0) is 12.8 Å². The van der Waals surface area contributed by atoms with Gasteiger partial charge in [0.25, 0.3) is 0 Å². The van der Waals surface area contributed by atoms with Gasteiger partial charge in [-0.2, -0.15) is 0 Å². The number of H-pyrrole nitrogens is 1. The van der Waals surface area contributed by atoms with Gasteiger partial charge in [-0.3, -0.25) is 0 Å². The van der Waals surface area contributed by atoms with Crippen LogP contribution in [0.3, 0.4) is 0 Å². The van der Waals surface area contributed by atoms with Crippen LogP contribution in [0.4, 0.5) is 0 Å². The molecule has 0 fully saturated rings. The minimum Gasteiger partial charge on any atom is -0.504 e. The van der Waals surface area contributed by atoms with Crippen LogP contribution in [0.15, 0.2) is 30.7 Å². The Labute approximate surface area is 87.2 Å². The number of aromatic amines is 1. The molecule has 0 bridgehead atoms. The number of nitrogens with one attached hydrogen (secondary N) is 1. The molecule has 0 saturated carbocycles. The lowest BCUT2D eigenvalue weighted by atomic mass is 10.1. The first-order valence-corrected chi connectivity index (χ1v) is 4.74. The molecule has 0 unspecified atom stereocenters. The second-order valence-electron chi connectivity index (χ2n) is 3.38. The predicted molar refractivity (Wildman–Crippen MR) is 55.8 cm³/mol. The molecule has 0 aliphatic rings. The van der Waals surface area contributed by atoms with Gasteiger partial charge in [-0.15, -0.1) is 0 Å². The van der Waals surface area contributed by atoms with Crippen molar-refractivity contribution >= 4 is 0 Å². The van der Waals surface area contributed by atoms with Gasteiger partial charge in [0.05, 0.1) is 12.0 Å². The second kappa shape index (κ2) is 4.04. The highest BCUT2D eigenvalue weighted by atomic mass is 16.3. The molecule has 0 radical (unpaired) electrons. The third-order valence-electron chi connectivity index (χ3n) is 2.26. The Hall–Kier alpha value is -1.97. The van der Waals surface area contributed by atoms with E-state index in [-0.39, 0.29) is 11.5 Å². The first kappa shape index (κ1) is 9.58. The van der Waals surface area contributed by atoms with Gasteiger partial charge in [0.15, 0.2) is 11.5 Å². The molecule has 4 heteroatoms. The zero-order valence-electron chi connectivity index (χ0n) is 8.14. The normalized spacial score (nSPS) is 10.4. The molecule has 0 spiro atoms. The number of aryl methyl sites for hydroxylation is 2. The Balaban J connectivity index is 2.02. The highest BCUT2D eigenvalue weighted by molar-refractivity contribution is 5.40. The number of benzene rings is 1. The van der Waals surface area contributed by atoms with E-state index < -0.39 is 0 Å². The van der Waals surface area contributed by atoms with Crippen LogP contribution < -0.4 is 0 Å². The van der Waals surface area contributed by atoms with E-state index in [2.05, 4.69) is 9.97 Å². The van der Waals surface area contributed by atoms with Crippen LogP contribution >= 0.6 is 0 Å². The quantitative estimate of drug-likeness (QED) is 0.665. The maximum absolute atomic E-state index is 9.29. The lowest BCUT2D eigenvalue weighted by molar-refractivity contribution is 0.403. The largest absolute Gasteiger partial charge is 0.504 e. The number of hydrogen-bond acceptors (Lipinski definition) is 3. The van der Waals surface area contributed by atoms with E-state index in [4.69, 9.17) is 5.11 Å². The lowest BCUT2D eigenvalue weighted by Gasteiger charge is -2.02. The molecule has 3 N–H and O–H groups in total. The summed E-state index contributed by atoms with van der Waals surface area (Å²) in [6, 6.07) is 4.86. The maximum Gasteiger partial charge on any atom is 0.157 e. The number of phenolic OH excluding ortho intramolecular Hbond substituents is 2. The molecule has 2 aromatic rings. The molecule has 4 nitrogen and oxygen atoms in total. The van der Waals surface area contributed by atoms with Crippen molar-refractivity contribution in [2.24, 2.45) is 0 Å². The zero-order chi connectivity index (χ0) is 10.7. The fourth-order valence-corrected chi connectivity index (χ4v) is 1.42. The summed E-state index contributed by atoms with van der Waals surface area (Å²) < 4.78 is 0. The van der Waals surface area contributed by atoms with Crippen LogP contribution in [0.1, 0.15) is 11.3 Å². The Morgan fingerprint density at radius 2 is 2.00 bits per heavy atom. The van der Waals surface area contributed by atoms with Gasteiger partial charge in [-0.05, 0) is 30.5 Å². The number of imidazole rings is 1. The van der Waals surface area contributed by atoms with Crippen LogP contribution in [0.25, 0.3) is 0 Å². The molecule has 2 rings (SSSR count). The number of nitrogens with zero attached hydrogens (tertiary/aromatic N) is 1. The minimum absolute atomic E-state index is 0.0745. The predicted octanol–water partition coefficient (Wildman–Crippen LogP) is 1.61. The average molecular weight is 204 g/mol. The molecule has 0 atom stereocenters. The molecule has 78 valence electrons. The van der Waals surface area contributed by atoms with Gasteiger partial charge in [0, 0.05) is 6.20 Å². The van der Waals surface area contributed by atoms with Crippen LogP contribution in [-0.4, -0.2) is 20.2 Å². The molecule has 0 aliphatic carbocycles. The van der Waals surface area contributed by atoms with Gasteiger partial charge in [0.1, 0.15) is 0 Å². The van der Waals surface area contributed by atoms with Crippen LogP contribution in [0.5, 0.6) is 11.5 Å². The van der Waals surface area contributed by atoms with Crippen molar-refractivity contribution in [1.29, 1.82) is 0 Å². The number of aromatic hydroxyl groups is 2. The number of rotatable bonds is 3. The van der Waals surface area contributed by atoms with E-state index in [9.17, 15) is 5.11 Å². The zero-order valence-corrected chi connectivity index (χ0v) is 8.14. The van der Waals surface area contributed by atoms with E-state index in [0.29, 0.717) is 0 Å². The topological polar surface area (TPSA) is 69.1 Å². The average Bonchev–Trinajstić information content (AvgIpc) is 2.73. The van der Waals surface area contributed by atoms with Gasteiger partial charge in [-0.25, -0.2) is 4.98 Å². The van der Waals surface area contributed by atoms with Crippen molar-refractivity contribution < 1.29 is 10.2 Å². The third-order valence-corrected chi connectivity index (χ3v) is 2.26. The highest BCUT2D eigenvalue weighted by Crippen LogP contribution is 2.25. The summed E-state index contributed by atoms with van der Waals surface area (Å²) in [6.07, 6.45) is 5.09. The number of hydrogen-bond donors (Lipinski definition) is 3. The van der Waals surface area contributed by atoms with Crippen molar-refractivity contribution in [1.82, 2.24) is 9.97 Å². The lowest BCUT2D eigenvalue weighted by Crippen LogP contribution is -1.91. The van der Waals surface area contributed by atoms with E-state index >= 15 is 0 Å². The Kier molecular flexibility index (Phi) is 2.58. The minimum atomic E-state index is -0.0847. The first-order valence-electron chi connectivity index (χ1n) is 4.74. The van der Waals surface area contributed by atoms with Gasteiger partial charge in [0.2, 0.25) is 0 Å². The van der Waals surface area contributed by atoms with Crippen molar-refractivity contribution in [2.45, 2.75) is 12.8 Å². The second-order valence-corrected chi connectivity index (χ2v) is 3.38. The van der Waals surface area contributed by atoms with Gasteiger partial charge >= 0.3 is 0 Å². The maximum atomic E-state index is 9.29. The van der Waals surface area contributed by atoms with Crippen molar-refractivity contribution in [3.05, 3.63) is 42.0 Å². The number of aromatic nitrogens is 2.